The van der Waals surface area contributed by atoms with Gasteiger partial charge in [0.25, 0.3) is 0 Å². The Balaban J connectivity index is 1.97. The van der Waals surface area contributed by atoms with Crippen LogP contribution in [-0.2, 0) is 11.2 Å². The second kappa shape index (κ2) is 7.99. The summed E-state index contributed by atoms with van der Waals surface area (Å²) >= 11 is 6.27. The summed E-state index contributed by atoms with van der Waals surface area (Å²) in [7, 11) is 0. The molecule has 1 aromatic rings. The number of morpholine rings is 1. The lowest BCUT2D eigenvalue weighted by Crippen LogP contribution is -2.44. The molecule has 0 saturated carbocycles. The smallest absolute Gasteiger partial charge is 0.124 e. The third kappa shape index (κ3) is 4.85. The Labute approximate surface area is 132 Å². The van der Waals surface area contributed by atoms with Crippen LogP contribution >= 0.6 is 11.6 Å². The van der Waals surface area contributed by atoms with Crippen LogP contribution in [0.15, 0.2) is 18.2 Å². The third-order valence-corrected chi connectivity index (χ3v) is 4.05. The number of benzene rings is 1. The standard InChI is InChI=1S/C16H25ClN2O2/c1-3-19-7-8-20-13(10-19)11-21-16-6-4-5-15(17)14(16)9-12(2)18/h4-6,12-13H,3,7-11,18H2,1-2H3. The molecule has 0 radical (unpaired) electrons. The topological polar surface area (TPSA) is 47.7 Å². The first-order valence-electron chi connectivity index (χ1n) is 7.59. The molecule has 118 valence electrons. The van der Waals surface area contributed by atoms with Gasteiger partial charge in [-0.05, 0) is 32.0 Å². The van der Waals surface area contributed by atoms with Gasteiger partial charge in [0.2, 0.25) is 0 Å². The minimum atomic E-state index is 0.0498. The van der Waals surface area contributed by atoms with E-state index in [2.05, 4.69) is 11.8 Å². The van der Waals surface area contributed by atoms with Gasteiger partial charge in [0.1, 0.15) is 18.5 Å². The van der Waals surface area contributed by atoms with Gasteiger partial charge in [-0.2, -0.15) is 0 Å². The van der Waals surface area contributed by atoms with Gasteiger partial charge >= 0.3 is 0 Å². The number of nitrogens with zero attached hydrogens (tertiary/aromatic N) is 1. The maximum absolute atomic E-state index is 6.27. The summed E-state index contributed by atoms with van der Waals surface area (Å²) in [5.74, 6) is 0.817. The molecule has 2 N–H and O–H groups in total. The predicted octanol–water partition coefficient (Wildman–Crippen LogP) is 2.33. The Morgan fingerprint density at radius 2 is 2.33 bits per heavy atom. The average molecular weight is 313 g/mol. The van der Waals surface area contributed by atoms with Crippen molar-refractivity contribution in [1.82, 2.24) is 4.90 Å². The van der Waals surface area contributed by atoms with Crippen molar-refractivity contribution >= 4 is 11.6 Å². The molecule has 1 saturated heterocycles. The zero-order chi connectivity index (χ0) is 15.2. The van der Waals surface area contributed by atoms with Gasteiger partial charge in [-0.3, -0.25) is 4.90 Å². The van der Waals surface area contributed by atoms with Crippen molar-refractivity contribution < 1.29 is 9.47 Å². The molecule has 21 heavy (non-hydrogen) atoms. The molecule has 1 aliphatic heterocycles. The number of nitrogens with two attached hydrogens (primary N) is 1. The molecule has 0 aliphatic carbocycles. The molecule has 1 aromatic carbocycles. The van der Waals surface area contributed by atoms with E-state index in [1.165, 1.54) is 0 Å². The van der Waals surface area contributed by atoms with Crippen molar-refractivity contribution in [3.63, 3.8) is 0 Å². The summed E-state index contributed by atoms with van der Waals surface area (Å²) in [5, 5.41) is 0.713. The normalized spacial score (nSPS) is 21.2. The molecule has 0 bridgehead atoms. The lowest BCUT2D eigenvalue weighted by atomic mass is 10.1. The third-order valence-electron chi connectivity index (χ3n) is 3.70. The van der Waals surface area contributed by atoms with E-state index in [9.17, 15) is 0 Å². The van der Waals surface area contributed by atoms with Gasteiger partial charge in [-0.25, -0.2) is 0 Å². The highest BCUT2D eigenvalue weighted by atomic mass is 35.5. The van der Waals surface area contributed by atoms with Crippen LogP contribution in [0.1, 0.15) is 19.4 Å². The molecule has 2 atom stereocenters. The Morgan fingerprint density at radius 3 is 3.05 bits per heavy atom. The highest BCUT2D eigenvalue weighted by Gasteiger charge is 2.20. The van der Waals surface area contributed by atoms with E-state index in [1.807, 2.05) is 25.1 Å². The first kappa shape index (κ1) is 16.6. The Kier molecular flexibility index (Phi) is 6.30. The summed E-state index contributed by atoms with van der Waals surface area (Å²) in [4.78, 5) is 2.37. The Hall–Kier alpha value is -0.810. The van der Waals surface area contributed by atoms with Crippen LogP contribution in [0.3, 0.4) is 0 Å². The molecule has 0 spiro atoms. The zero-order valence-electron chi connectivity index (χ0n) is 12.8. The van der Waals surface area contributed by atoms with Crippen LogP contribution in [-0.4, -0.2) is 49.9 Å². The summed E-state index contributed by atoms with van der Waals surface area (Å²) in [6, 6.07) is 5.78. The van der Waals surface area contributed by atoms with E-state index in [-0.39, 0.29) is 12.1 Å². The van der Waals surface area contributed by atoms with Crippen LogP contribution in [0.4, 0.5) is 0 Å². The monoisotopic (exact) mass is 312 g/mol. The highest BCUT2D eigenvalue weighted by molar-refractivity contribution is 6.31. The number of halogens is 1. The van der Waals surface area contributed by atoms with E-state index in [0.717, 1.165) is 37.6 Å². The largest absolute Gasteiger partial charge is 0.490 e. The van der Waals surface area contributed by atoms with E-state index in [1.54, 1.807) is 0 Å². The quantitative estimate of drug-likeness (QED) is 0.876. The Morgan fingerprint density at radius 1 is 1.52 bits per heavy atom. The SMILES string of the molecule is CCN1CCOC(COc2cccc(Cl)c2CC(C)N)C1. The fraction of sp³-hybridized carbons (Fsp3) is 0.625. The van der Waals surface area contributed by atoms with Crippen LogP contribution in [0.5, 0.6) is 5.75 Å². The number of hydrogen-bond acceptors (Lipinski definition) is 4. The molecule has 1 aliphatic rings. The minimum Gasteiger partial charge on any atom is -0.490 e. The van der Waals surface area contributed by atoms with Crippen molar-refractivity contribution in [3.8, 4) is 5.75 Å². The summed E-state index contributed by atoms with van der Waals surface area (Å²) in [6.07, 6.45) is 0.822. The molecule has 1 fully saturated rings. The molecule has 4 nitrogen and oxygen atoms in total. The Bertz CT molecular complexity index is 454. The van der Waals surface area contributed by atoms with Crippen molar-refractivity contribution in [1.29, 1.82) is 0 Å². The highest BCUT2D eigenvalue weighted by Crippen LogP contribution is 2.28. The maximum atomic E-state index is 6.27. The van der Waals surface area contributed by atoms with Crippen LogP contribution in [0.25, 0.3) is 0 Å². The second-order valence-electron chi connectivity index (χ2n) is 5.59. The first-order chi connectivity index (χ1) is 10.1. The lowest BCUT2D eigenvalue weighted by molar-refractivity contribution is -0.0465. The molecule has 2 unspecified atom stereocenters. The second-order valence-corrected chi connectivity index (χ2v) is 6.00. The van der Waals surface area contributed by atoms with Crippen molar-refractivity contribution in [3.05, 3.63) is 28.8 Å². The van der Waals surface area contributed by atoms with Gasteiger partial charge in [0.15, 0.2) is 0 Å². The predicted molar refractivity (Wildman–Crippen MR) is 86.2 cm³/mol. The zero-order valence-corrected chi connectivity index (χ0v) is 13.6. The molecule has 0 aromatic heterocycles. The minimum absolute atomic E-state index is 0.0498. The summed E-state index contributed by atoms with van der Waals surface area (Å²) < 4.78 is 11.7. The van der Waals surface area contributed by atoms with Crippen LogP contribution < -0.4 is 10.5 Å². The lowest BCUT2D eigenvalue weighted by Gasteiger charge is -2.32. The van der Waals surface area contributed by atoms with E-state index >= 15 is 0 Å². The molecular weight excluding hydrogens is 288 g/mol. The fourth-order valence-electron chi connectivity index (χ4n) is 2.55. The maximum Gasteiger partial charge on any atom is 0.124 e. The van der Waals surface area contributed by atoms with E-state index in [0.29, 0.717) is 18.1 Å². The van der Waals surface area contributed by atoms with Gasteiger partial charge < -0.3 is 15.2 Å². The molecule has 5 heteroatoms. The van der Waals surface area contributed by atoms with Gasteiger partial charge in [-0.1, -0.05) is 24.6 Å². The molecule has 0 amide bonds. The van der Waals surface area contributed by atoms with Gasteiger partial charge in [-0.15, -0.1) is 0 Å². The molecular formula is C16H25ClN2O2. The van der Waals surface area contributed by atoms with Gasteiger partial charge in [0, 0.05) is 29.7 Å². The van der Waals surface area contributed by atoms with Crippen molar-refractivity contribution in [2.75, 3.05) is 32.8 Å². The number of ether oxygens (including phenoxy) is 2. The number of rotatable bonds is 6. The van der Waals surface area contributed by atoms with E-state index < -0.39 is 0 Å². The van der Waals surface area contributed by atoms with Crippen molar-refractivity contribution in [2.45, 2.75) is 32.4 Å². The fourth-order valence-corrected chi connectivity index (χ4v) is 2.79. The average Bonchev–Trinajstić information content (AvgIpc) is 2.48. The van der Waals surface area contributed by atoms with Gasteiger partial charge in [0.05, 0.1) is 6.61 Å². The molecule has 1 heterocycles. The van der Waals surface area contributed by atoms with Crippen LogP contribution in [0, 0.1) is 0 Å². The molecule has 2 rings (SSSR count). The van der Waals surface area contributed by atoms with E-state index in [4.69, 9.17) is 26.8 Å². The number of likely N-dealkylation sites (N-methyl/N-ethyl adjacent to an activating group) is 1. The summed E-state index contributed by atoms with van der Waals surface area (Å²) in [5.41, 5.74) is 6.88. The number of hydrogen-bond donors (Lipinski definition) is 1. The summed E-state index contributed by atoms with van der Waals surface area (Å²) in [6.45, 7) is 8.41. The van der Waals surface area contributed by atoms with Crippen molar-refractivity contribution in [2.24, 2.45) is 5.73 Å². The van der Waals surface area contributed by atoms with Crippen LogP contribution in [0.2, 0.25) is 5.02 Å². The first-order valence-corrected chi connectivity index (χ1v) is 7.97.